The first-order chi connectivity index (χ1) is 6.29. The van der Waals surface area contributed by atoms with E-state index in [1.54, 1.807) is 6.34 Å². The highest BCUT2D eigenvalue weighted by molar-refractivity contribution is 5.88. The molecular weight excluding hydrogens is 160 g/mol. The molecule has 1 N–H and O–H groups in total. The fourth-order valence-corrected chi connectivity index (χ4v) is 1.51. The Labute approximate surface area is 78.0 Å². The first-order valence-corrected chi connectivity index (χ1v) is 4.34. The summed E-state index contributed by atoms with van der Waals surface area (Å²) in [5, 5.41) is 3.18. The number of rotatable bonds is 0. The van der Waals surface area contributed by atoms with Crippen LogP contribution in [-0.4, -0.2) is 6.34 Å². The Morgan fingerprint density at radius 2 is 2.08 bits per heavy atom. The molecule has 0 saturated carbocycles. The molecule has 0 atom stereocenters. The minimum Gasteiger partial charge on any atom is -0.346 e. The normalized spacial score (nSPS) is 14.2. The average Bonchev–Trinajstić information content (AvgIpc) is 2.30. The lowest BCUT2D eigenvalue weighted by molar-refractivity contribution is 1.43. The summed E-state index contributed by atoms with van der Waals surface area (Å²) in [6, 6.07) is 6.27. The molecule has 0 spiro atoms. The van der Waals surface area contributed by atoms with Gasteiger partial charge in [-0.2, -0.15) is 0 Å². The molecule has 1 aromatic carbocycles. The molecule has 0 aliphatic carbocycles. The molecule has 1 aliphatic rings. The Balaban J connectivity index is 2.65. The molecule has 1 aliphatic heterocycles. The molecule has 0 aromatic heterocycles. The predicted octanol–water partition coefficient (Wildman–Crippen LogP) is 2.81. The highest BCUT2D eigenvalue weighted by Gasteiger charge is 2.07. The fraction of sp³-hybridized carbons (Fsp3) is 0.182. The van der Waals surface area contributed by atoms with E-state index >= 15 is 0 Å². The summed E-state index contributed by atoms with van der Waals surface area (Å²) >= 11 is 0. The Kier molecular flexibility index (Phi) is 1.89. The molecule has 2 nitrogen and oxygen atoms in total. The lowest BCUT2D eigenvalue weighted by Gasteiger charge is -2.09. The number of allylic oxidation sites excluding steroid dienone is 1. The Hall–Kier alpha value is -1.57. The van der Waals surface area contributed by atoms with Gasteiger partial charge < -0.3 is 5.32 Å². The van der Waals surface area contributed by atoms with Gasteiger partial charge in [-0.25, -0.2) is 4.99 Å². The zero-order valence-electron chi connectivity index (χ0n) is 7.83. The van der Waals surface area contributed by atoms with Gasteiger partial charge in [0.2, 0.25) is 0 Å². The van der Waals surface area contributed by atoms with Crippen LogP contribution in [0.5, 0.6) is 0 Å². The van der Waals surface area contributed by atoms with Crippen LogP contribution >= 0.6 is 0 Å². The molecule has 1 heterocycles. The van der Waals surface area contributed by atoms with E-state index in [-0.39, 0.29) is 0 Å². The van der Waals surface area contributed by atoms with Crippen LogP contribution in [0.25, 0.3) is 5.57 Å². The topological polar surface area (TPSA) is 24.4 Å². The van der Waals surface area contributed by atoms with E-state index in [4.69, 9.17) is 0 Å². The molecular formula is C11H12N2. The van der Waals surface area contributed by atoms with Gasteiger partial charge in [0.15, 0.2) is 0 Å². The van der Waals surface area contributed by atoms with Crippen LogP contribution < -0.4 is 5.32 Å². The molecule has 0 amide bonds. The van der Waals surface area contributed by atoms with Gasteiger partial charge in [-0.1, -0.05) is 18.2 Å². The van der Waals surface area contributed by atoms with Crippen molar-refractivity contribution in [1.82, 2.24) is 0 Å². The van der Waals surface area contributed by atoms with E-state index in [1.807, 2.05) is 6.20 Å². The van der Waals surface area contributed by atoms with Crippen molar-refractivity contribution in [3.63, 3.8) is 0 Å². The van der Waals surface area contributed by atoms with Gasteiger partial charge in [0.1, 0.15) is 0 Å². The van der Waals surface area contributed by atoms with Crippen molar-refractivity contribution in [2.45, 2.75) is 13.8 Å². The monoisotopic (exact) mass is 172 g/mol. The number of hydrogen-bond acceptors (Lipinski definition) is 2. The van der Waals surface area contributed by atoms with Crippen molar-refractivity contribution >= 4 is 17.6 Å². The highest BCUT2D eigenvalue weighted by atomic mass is 14.9. The molecule has 0 saturated heterocycles. The van der Waals surface area contributed by atoms with E-state index in [9.17, 15) is 0 Å². The molecule has 0 bridgehead atoms. The third kappa shape index (κ3) is 1.35. The molecule has 0 radical (unpaired) electrons. The lowest BCUT2D eigenvalue weighted by Crippen LogP contribution is -1.98. The largest absolute Gasteiger partial charge is 0.346 e. The summed E-state index contributed by atoms with van der Waals surface area (Å²) in [5.41, 5.74) is 4.84. The summed E-state index contributed by atoms with van der Waals surface area (Å²) in [4.78, 5) is 4.11. The van der Waals surface area contributed by atoms with Gasteiger partial charge in [0.25, 0.3) is 0 Å². The van der Waals surface area contributed by atoms with Crippen molar-refractivity contribution in [1.29, 1.82) is 0 Å². The standard InChI is InChI=1S/C11H12N2/c1-8-4-3-5-10-9(2)6-12-7-13-11(8)10/h3-7H,1-2H3,(H,12,13). The van der Waals surface area contributed by atoms with Crippen LogP contribution in [-0.2, 0) is 0 Å². The van der Waals surface area contributed by atoms with Gasteiger partial charge >= 0.3 is 0 Å². The Bertz CT molecular complexity index is 389. The van der Waals surface area contributed by atoms with Crippen LogP contribution in [0.3, 0.4) is 0 Å². The second kappa shape index (κ2) is 3.05. The third-order valence-electron chi connectivity index (χ3n) is 2.25. The smallest absolute Gasteiger partial charge is 0.0923 e. The number of fused-ring (bicyclic) bond motifs is 1. The zero-order chi connectivity index (χ0) is 9.26. The van der Waals surface area contributed by atoms with E-state index in [2.05, 4.69) is 42.4 Å². The van der Waals surface area contributed by atoms with E-state index in [0.29, 0.717) is 0 Å². The van der Waals surface area contributed by atoms with Crippen LogP contribution in [0.1, 0.15) is 18.1 Å². The Morgan fingerprint density at radius 1 is 1.23 bits per heavy atom. The van der Waals surface area contributed by atoms with E-state index in [1.165, 1.54) is 16.7 Å². The summed E-state index contributed by atoms with van der Waals surface area (Å²) in [6.07, 6.45) is 3.60. The van der Waals surface area contributed by atoms with Crippen molar-refractivity contribution in [3.8, 4) is 0 Å². The fourth-order valence-electron chi connectivity index (χ4n) is 1.51. The van der Waals surface area contributed by atoms with Crippen molar-refractivity contribution in [2.75, 3.05) is 5.32 Å². The van der Waals surface area contributed by atoms with Crippen LogP contribution in [0.4, 0.5) is 5.69 Å². The molecule has 0 fully saturated rings. The Morgan fingerprint density at radius 3 is 2.92 bits per heavy atom. The summed E-state index contributed by atoms with van der Waals surface area (Å²) in [5.74, 6) is 0. The predicted molar refractivity (Wildman–Crippen MR) is 56.9 cm³/mol. The first kappa shape index (κ1) is 8.05. The van der Waals surface area contributed by atoms with Crippen molar-refractivity contribution in [2.24, 2.45) is 4.99 Å². The summed E-state index contributed by atoms with van der Waals surface area (Å²) < 4.78 is 0. The third-order valence-corrected chi connectivity index (χ3v) is 2.25. The number of para-hydroxylation sites is 1. The number of benzene rings is 1. The van der Waals surface area contributed by atoms with Gasteiger partial charge in [0.05, 0.1) is 6.34 Å². The highest BCUT2D eigenvalue weighted by Crippen LogP contribution is 2.27. The maximum absolute atomic E-state index is 4.11. The van der Waals surface area contributed by atoms with E-state index in [0.717, 1.165) is 5.69 Å². The number of aliphatic imine (C=N–C) groups is 1. The van der Waals surface area contributed by atoms with Gasteiger partial charge in [-0.3, -0.25) is 0 Å². The molecule has 2 rings (SSSR count). The van der Waals surface area contributed by atoms with Gasteiger partial charge in [0, 0.05) is 17.5 Å². The molecule has 2 heteroatoms. The first-order valence-electron chi connectivity index (χ1n) is 4.34. The molecule has 66 valence electrons. The molecule has 13 heavy (non-hydrogen) atoms. The van der Waals surface area contributed by atoms with Crippen LogP contribution in [0.2, 0.25) is 0 Å². The number of aryl methyl sites for hydroxylation is 1. The summed E-state index contributed by atoms with van der Waals surface area (Å²) in [6.45, 7) is 4.17. The quantitative estimate of drug-likeness (QED) is 0.639. The van der Waals surface area contributed by atoms with Gasteiger partial charge in [-0.05, 0) is 25.0 Å². The van der Waals surface area contributed by atoms with Crippen LogP contribution in [0, 0.1) is 6.92 Å². The zero-order valence-corrected chi connectivity index (χ0v) is 7.83. The van der Waals surface area contributed by atoms with Crippen molar-refractivity contribution in [3.05, 3.63) is 35.5 Å². The van der Waals surface area contributed by atoms with Crippen LogP contribution in [0.15, 0.2) is 29.4 Å². The average molecular weight is 172 g/mol. The minimum absolute atomic E-state index is 1.16. The van der Waals surface area contributed by atoms with E-state index < -0.39 is 0 Å². The SMILES string of the molecule is CC1=CN=CNc2c(C)cccc21. The maximum Gasteiger partial charge on any atom is 0.0923 e. The number of nitrogens with zero attached hydrogens (tertiary/aromatic N) is 1. The molecule has 1 aromatic rings. The number of hydrogen-bond donors (Lipinski definition) is 1. The molecule has 0 unspecified atom stereocenters. The van der Waals surface area contributed by atoms with Crippen molar-refractivity contribution < 1.29 is 0 Å². The minimum atomic E-state index is 1.16. The lowest BCUT2D eigenvalue weighted by atomic mass is 10.0. The summed E-state index contributed by atoms with van der Waals surface area (Å²) in [7, 11) is 0. The number of nitrogens with one attached hydrogen (secondary N) is 1. The second-order valence-corrected chi connectivity index (χ2v) is 3.23. The van der Waals surface area contributed by atoms with Gasteiger partial charge in [-0.15, -0.1) is 0 Å². The maximum atomic E-state index is 4.11. The number of anilines is 1. The second-order valence-electron chi connectivity index (χ2n) is 3.23.